The van der Waals surface area contributed by atoms with Crippen LogP contribution in [0.15, 0.2) is 12.2 Å². The average Bonchev–Trinajstić information content (AvgIpc) is 2.30. The van der Waals surface area contributed by atoms with Gasteiger partial charge in [-0.3, -0.25) is 4.18 Å². The molecule has 1 atom stereocenters. The van der Waals surface area contributed by atoms with E-state index in [0.29, 0.717) is 5.92 Å². The van der Waals surface area contributed by atoms with Crippen LogP contribution in [0.2, 0.25) is 0 Å². The van der Waals surface area contributed by atoms with Crippen LogP contribution in [0.5, 0.6) is 0 Å². The Hall–Kier alpha value is -0.350. The molecule has 0 amide bonds. The van der Waals surface area contributed by atoms with Gasteiger partial charge in [0.15, 0.2) is 0 Å². The Kier molecular flexibility index (Phi) is 4.26. The van der Waals surface area contributed by atoms with E-state index in [2.05, 4.69) is 13.0 Å². The summed E-state index contributed by atoms with van der Waals surface area (Å²) in [6, 6.07) is 0. The van der Waals surface area contributed by atoms with Crippen molar-refractivity contribution in [2.75, 3.05) is 0 Å². The van der Waals surface area contributed by atoms with Crippen molar-refractivity contribution in [3.63, 3.8) is 0 Å². The molecular formula is C13H22O3S. The smallest absolute Gasteiger partial charge is 0.266 e. The summed E-state index contributed by atoms with van der Waals surface area (Å²) in [6.45, 7) is 2.19. The van der Waals surface area contributed by atoms with Gasteiger partial charge in [0.05, 0.1) is 11.4 Å². The van der Waals surface area contributed by atoms with E-state index < -0.39 is 10.1 Å². The molecule has 0 aromatic carbocycles. The van der Waals surface area contributed by atoms with Gasteiger partial charge in [-0.25, -0.2) is 0 Å². The molecule has 4 heteroatoms. The van der Waals surface area contributed by atoms with Crippen molar-refractivity contribution in [2.24, 2.45) is 5.92 Å². The summed E-state index contributed by atoms with van der Waals surface area (Å²) in [5.41, 5.74) is 0. The van der Waals surface area contributed by atoms with Crippen molar-refractivity contribution >= 4 is 10.1 Å². The molecule has 0 radical (unpaired) electrons. The normalized spacial score (nSPS) is 34.8. The van der Waals surface area contributed by atoms with Crippen molar-refractivity contribution in [3.05, 3.63) is 12.2 Å². The molecule has 0 aliphatic heterocycles. The second-order valence-electron chi connectivity index (χ2n) is 5.38. The number of hydrogen-bond acceptors (Lipinski definition) is 3. The molecule has 0 saturated heterocycles. The molecule has 3 nitrogen and oxygen atoms in total. The Labute approximate surface area is 104 Å². The van der Waals surface area contributed by atoms with Crippen LogP contribution in [0, 0.1) is 5.92 Å². The first-order valence-corrected chi connectivity index (χ1v) is 8.12. The maximum absolute atomic E-state index is 12.1. The lowest BCUT2D eigenvalue weighted by Gasteiger charge is -2.27. The van der Waals surface area contributed by atoms with Crippen molar-refractivity contribution in [1.82, 2.24) is 0 Å². The van der Waals surface area contributed by atoms with Gasteiger partial charge in [-0.05, 0) is 50.9 Å². The van der Waals surface area contributed by atoms with E-state index >= 15 is 0 Å². The van der Waals surface area contributed by atoms with Gasteiger partial charge in [0.2, 0.25) is 0 Å². The van der Waals surface area contributed by atoms with Crippen LogP contribution in [0.3, 0.4) is 0 Å². The standard InChI is InChI=1S/C13H22O3S/c1-11-7-9-13(10-8-11)17(14,15)16-12-5-3-2-4-6-12/h2-3,11-13H,4-10H2,1H3. The average molecular weight is 258 g/mol. The molecule has 98 valence electrons. The fraction of sp³-hybridized carbons (Fsp3) is 0.846. The minimum absolute atomic E-state index is 0.121. The lowest BCUT2D eigenvalue weighted by Crippen LogP contribution is -2.31. The highest BCUT2D eigenvalue weighted by molar-refractivity contribution is 7.87. The number of hydrogen-bond donors (Lipinski definition) is 0. The van der Waals surface area contributed by atoms with Gasteiger partial charge in [-0.2, -0.15) is 8.42 Å². The van der Waals surface area contributed by atoms with Crippen molar-refractivity contribution in [3.8, 4) is 0 Å². The second kappa shape index (κ2) is 5.53. The summed E-state index contributed by atoms with van der Waals surface area (Å²) in [4.78, 5) is 0. The van der Waals surface area contributed by atoms with Gasteiger partial charge in [0.1, 0.15) is 0 Å². The molecule has 0 aromatic rings. The zero-order valence-electron chi connectivity index (χ0n) is 10.5. The third kappa shape index (κ3) is 3.55. The molecular weight excluding hydrogens is 236 g/mol. The van der Waals surface area contributed by atoms with Crippen molar-refractivity contribution in [2.45, 2.75) is 63.2 Å². The minimum Gasteiger partial charge on any atom is -0.266 e. The Balaban J connectivity index is 1.91. The van der Waals surface area contributed by atoms with Gasteiger partial charge in [-0.1, -0.05) is 19.1 Å². The van der Waals surface area contributed by atoms with Gasteiger partial charge in [0, 0.05) is 0 Å². The third-order valence-corrected chi connectivity index (χ3v) is 5.69. The van der Waals surface area contributed by atoms with Crippen LogP contribution >= 0.6 is 0 Å². The number of allylic oxidation sites excluding steroid dienone is 1. The quantitative estimate of drug-likeness (QED) is 0.577. The van der Waals surface area contributed by atoms with E-state index in [1.807, 2.05) is 6.08 Å². The summed E-state index contributed by atoms with van der Waals surface area (Å²) in [7, 11) is -3.34. The van der Waals surface area contributed by atoms with Crippen LogP contribution in [0.4, 0.5) is 0 Å². The summed E-state index contributed by atoms with van der Waals surface area (Å²) in [6.07, 6.45) is 10.1. The summed E-state index contributed by atoms with van der Waals surface area (Å²) < 4.78 is 29.6. The van der Waals surface area contributed by atoms with E-state index in [1.54, 1.807) is 0 Å². The molecule has 0 bridgehead atoms. The molecule has 0 heterocycles. The molecule has 0 N–H and O–H groups in total. The van der Waals surface area contributed by atoms with Gasteiger partial charge in [-0.15, -0.1) is 0 Å². The predicted molar refractivity (Wildman–Crippen MR) is 68.2 cm³/mol. The monoisotopic (exact) mass is 258 g/mol. The minimum atomic E-state index is -3.34. The first-order chi connectivity index (χ1) is 8.08. The first kappa shape index (κ1) is 13.1. The van der Waals surface area contributed by atoms with Crippen LogP contribution in [0.25, 0.3) is 0 Å². The highest BCUT2D eigenvalue weighted by Crippen LogP contribution is 2.30. The summed E-state index contributed by atoms with van der Waals surface area (Å²) in [5, 5.41) is -0.260. The first-order valence-electron chi connectivity index (χ1n) is 6.65. The fourth-order valence-electron chi connectivity index (χ4n) is 2.64. The van der Waals surface area contributed by atoms with Gasteiger partial charge in [0.25, 0.3) is 10.1 Å². The van der Waals surface area contributed by atoms with Crippen molar-refractivity contribution in [1.29, 1.82) is 0 Å². The maximum Gasteiger partial charge on any atom is 0.270 e. The summed E-state index contributed by atoms with van der Waals surface area (Å²) in [5.74, 6) is 0.666. The highest BCUT2D eigenvalue weighted by Gasteiger charge is 2.32. The second-order valence-corrected chi connectivity index (χ2v) is 7.22. The molecule has 17 heavy (non-hydrogen) atoms. The van der Waals surface area contributed by atoms with Gasteiger partial charge >= 0.3 is 0 Å². The van der Waals surface area contributed by atoms with Crippen LogP contribution in [-0.2, 0) is 14.3 Å². The molecule has 1 unspecified atom stereocenters. The third-order valence-electron chi connectivity index (χ3n) is 3.86. The van der Waals surface area contributed by atoms with Crippen LogP contribution < -0.4 is 0 Å². The molecule has 0 spiro atoms. The molecule has 2 aliphatic carbocycles. The van der Waals surface area contributed by atoms with E-state index in [0.717, 1.165) is 44.9 Å². The molecule has 2 aliphatic rings. The Bertz CT molecular complexity index is 364. The Morgan fingerprint density at radius 2 is 1.76 bits per heavy atom. The van der Waals surface area contributed by atoms with Crippen molar-refractivity contribution < 1.29 is 12.6 Å². The molecule has 0 aromatic heterocycles. The largest absolute Gasteiger partial charge is 0.270 e. The van der Waals surface area contributed by atoms with Crippen LogP contribution in [-0.4, -0.2) is 19.8 Å². The predicted octanol–water partition coefficient (Wildman–Crippen LogP) is 3.02. The number of rotatable bonds is 3. The van der Waals surface area contributed by atoms with Crippen LogP contribution in [0.1, 0.15) is 51.9 Å². The molecule has 2 rings (SSSR count). The maximum atomic E-state index is 12.1. The highest BCUT2D eigenvalue weighted by atomic mass is 32.2. The Morgan fingerprint density at radius 3 is 2.35 bits per heavy atom. The fourth-order valence-corrected chi connectivity index (χ4v) is 4.20. The molecule has 1 saturated carbocycles. The SMILES string of the molecule is CC1CCC(S(=O)(=O)OC2CC=CCC2)CC1. The van der Waals surface area contributed by atoms with E-state index in [4.69, 9.17) is 4.18 Å². The lowest BCUT2D eigenvalue weighted by molar-refractivity contribution is 0.191. The zero-order chi connectivity index (χ0) is 12.3. The van der Waals surface area contributed by atoms with E-state index in [1.165, 1.54) is 0 Å². The van der Waals surface area contributed by atoms with E-state index in [9.17, 15) is 8.42 Å². The van der Waals surface area contributed by atoms with Gasteiger partial charge < -0.3 is 0 Å². The topological polar surface area (TPSA) is 43.4 Å². The zero-order valence-corrected chi connectivity index (χ0v) is 11.3. The lowest BCUT2D eigenvalue weighted by atomic mass is 9.91. The van der Waals surface area contributed by atoms with E-state index in [-0.39, 0.29) is 11.4 Å². The summed E-state index contributed by atoms with van der Waals surface area (Å²) >= 11 is 0. The Morgan fingerprint density at radius 1 is 1.06 bits per heavy atom. The molecule has 1 fully saturated rings.